The molecule has 1 heterocycles. The van der Waals surface area contributed by atoms with Gasteiger partial charge >= 0.3 is 0 Å². The summed E-state index contributed by atoms with van der Waals surface area (Å²) in [7, 11) is 7.60. The fourth-order valence-electron chi connectivity index (χ4n) is 3.64. The fourth-order valence-corrected chi connectivity index (χ4v) is 3.64. The second kappa shape index (κ2) is 13.3. The third-order valence-corrected chi connectivity index (χ3v) is 5.85. The molecule has 0 aromatic heterocycles. The zero-order valence-corrected chi connectivity index (χ0v) is 21.3. The number of hydrogen-bond acceptors (Lipinski definition) is 5. The van der Waals surface area contributed by atoms with E-state index in [0.29, 0.717) is 6.54 Å². The number of benzene rings is 2. The summed E-state index contributed by atoms with van der Waals surface area (Å²) in [5.41, 5.74) is 6.75. The first-order valence-corrected chi connectivity index (χ1v) is 11.9. The molecule has 2 aromatic rings. The van der Waals surface area contributed by atoms with Crippen LogP contribution < -0.4 is 15.4 Å². The van der Waals surface area contributed by atoms with E-state index >= 15 is 0 Å². The zero-order valence-electron chi connectivity index (χ0n) is 21.3. The van der Waals surface area contributed by atoms with E-state index < -0.39 is 0 Å². The standard InChI is InChI=1S/C29H37N5O/c1-22(31-18-19-34(3)4)24-8-10-25(11-9-24)26-12-13-27(32-21-26)14-17-29(30-2)33-20-23-6-15-28(35-5)16-7-23/h6-11,14-17,21,31H,1,12-13,18-20H2,2-5H3,(H,30,33)/b17-14-. The summed E-state index contributed by atoms with van der Waals surface area (Å²) in [6.45, 7) is 6.71. The van der Waals surface area contributed by atoms with Crippen molar-refractivity contribution >= 4 is 22.8 Å². The lowest BCUT2D eigenvalue weighted by molar-refractivity contribution is 0.411. The number of allylic oxidation sites excluding steroid dienone is 2. The molecule has 0 unspecified atom stereocenters. The topological polar surface area (TPSA) is 61.2 Å². The van der Waals surface area contributed by atoms with Crippen LogP contribution in [-0.2, 0) is 6.54 Å². The van der Waals surface area contributed by atoms with Crippen molar-refractivity contribution in [3.63, 3.8) is 0 Å². The molecule has 0 atom stereocenters. The van der Waals surface area contributed by atoms with Crippen molar-refractivity contribution in [2.45, 2.75) is 19.4 Å². The highest BCUT2D eigenvalue weighted by molar-refractivity contribution is 6.04. The molecule has 184 valence electrons. The average molecular weight is 472 g/mol. The molecule has 6 heteroatoms. The van der Waals surface area contributed by atoms with Gasteiger partial charge in [-0.25, -0.2) is 0 Å². The van der Waals surface area contributed by atoms with Gasteiger partial charge in [-0.05, 0) is 73.5 Å². The van der Waals surface area contributed by atoms with E-state index in [9.17, 15) is 0 Å². The Morgan fingerprint density at radius 1 is 1.09 bits per heavy atom. The van der Waals surface area contributed by atoms with E-state index in [1.165, 1.54) is 16.7 Å². The number of nitrogens with one attached hydrogen (secondary N) is 2. The number of ether oxygens (including phenoxy) is 1. The molecule has 2 aromatic carbocycles. The third kappa shape index (κ3) is 8.26. The van der Waals surface area contributed by atoms with E-state index in [4.69, 9.17) is 4.74 Å². The van der Waals surface area contributed by atoms with E-state index in [-0.39, 0.29) is 0 Å². The van der Waals surface area contributed by atoms with Gasteiger partial charge in [0.15, 0.2) is 0 Å². The van der Waals surface area contributed by atoms with Crippen LogP contribution in [-0.4, -0.2) is 57.8 Å². The van der Waals surface area contributed by atoms with Gasteiger partial charge in [-0.2, -0.15) is 0 Å². The highest BCUT2D eigenvalue weighted by Gasteiger charge is 2.09. The molecule has 1 aliphatic rings. The van der Waals surface area contributed by atoms with Crippen LogP contribution in [0.4, 0.5) is 0 Å². The lowest BCUT2D eigenvalue weighted by Crippen LogP contribution is -2.25. The van der Waals surface area contributed by atoms with Crippen LogP contribution in [0.15, 0.2) is 83.4 Å². The Morgan fingerprint density at radius 3 is 2.43 bits per heavy atom. The van der Waals surface area contributed by atoms with Gasteiger partial charge in [0, 0.05) is 44.3 Å². The minimum absolute atomic E-state index is 0.700. The summed E-state index contributed by atoms with van der Waals surface area (Å²) in [5, 5.41) is 6.75. The molecule has 0 bridgehead atoms. The summed E-state index contributed by atoms with van der Waals surface area (Å²) >= 11 is 0. The van der Waals surface area contributed by atoms with Crippen molar-refractivity contribution in [1.82, 2.24) is 15.5 Å². The van der Waals surface area contributed by atoms with Gasteiger partial charge in [-0.3, -0.25) is 9.98 Å². The monoisotopic (exact) mass is 471 g/mol. The third-order valence-electron chi connectivity index (χ3n) is 5.85. The predicted molar refractivity (Wildman–Crippen MR) is 149 cm³/mol. The maximum atomic E-state index is 5.21. The van der Waals surface area contributed by atoms with Crippen molar-refractivity contribution in [1.29, 1.82) is 0 Å². The van der Waals surface area contributed by atoms with Gasteiger partial charge in [0.25, 0.3) is 0 Å². The van der Waals surface area contributed by atoms with Crippen molar-refractivity contribution < 1.29 is 4.74 Å². The van der Waals surface area contributed by atoms with E-state index in [0.717, 1.165) is 54.5 Å². The highest BCUT2D eigenvalue weighted by atomic mass is 16.5. The molecule has 0 amide bonds. The first-order valence-electron chi connectivity index (χ1n) is 11.9. The minimum atomic E-state index is 0.700. The lowest BCUT2D eigenvalue weighted by Gasteiger charge is -2.15. The van der Waals surface area contributed by atoms with Gasteiger partial charge in [0.2, 0.25) is 0 Å². The largest absolute Gasteiger partial charge is 0.497 e. The number of methoxy groups -OCH3 is 1. The van der Waals surface area contributed by atoms with Crippen molar-refractivity contribution in [3.8, 4) is 5.75 Å². The SMILES string of the molecule is C=C(NCCN(C)C)c1ccc(C2=CN=C(/C=C\C(=NC)NCc3ccc(OC)cc3)CC2)cc1. The van der Waals surface area contributed by atoms with Crippen LogP contribution in [0.2, 0.25) is 0 Å². The molecule has 2 N–H and O–H groups in total. The molecule has 35 heavy (non-hydrogen) atoms. The smallest absolute Gasteiger partial charge is 0.120 e. The quantitative estimate of drug-likeness (QED) is 0.366. The van der Waals surface area contributed by atoms with Crippen molar-refractivity contribution in [2.75, 3.05) is 41.3 Å². The molecular formula is C29H37N5O. The van der Waals surface area contributed by atoms with E-state index in [1.807, 2.05) is 42.6 Å². The minimum Gasteiger partial charge on any atom is -0.497 e. The number of aliphatic imine (C=N–C) groups is 2. The fraction of sp³-hybridized carbons (Fsp3) is 0.310. The van der Waals surface area contributed by atoms with Crippen LogP contribution in [0.3, 0.4) is 0 Å². The van der Waals surface area contributed by atoms with Crippen LogP contribution >= 0.6 is 0 Å². The summed E-state index contributed by atoms with van der Waals surface area (Å²) in [4.78, 5) is 11.2. The summed E-state index contributed by atoms with van der Waals surface area (Å²) < 4.78 is 5.21. The molecule has 3 rings (SSSR count). The Bertz CT molecular complexity index is 1090. The molecule has 0 fully saturated rings. The number of rotatable bonds is 11. The molecule has 6 nitrogen and oxygen atoms in total. The molecular weight excluding hydrogens is 434 g/mol. The molecule has 0 saturated carbocycles. The van der Waals surface area contributed by atoms with Crippen LogP contribution in [0, 0.1) is 0 Å². The van der Waals surface area contributed by atoms with Gasteiger partial charge in [-0.15, -0.1) is 0 Å². The number of amidine groups is 1. The summed E-state index contributed by atoms with van der Waals surface area (Å²) in [6, 6.07) is 16.6. The van der Waals surface area contributed by atoms with E-state index in [1.54, 1.807) is 14.2 Å². The number of likely N-dealkylation sites (N-methyl/N-ethyl adjacent to an activating group) is 1. The number of nitrogens with zero attached hydrogens (tertiary/aromatic N) is 3. The second-order valence-electron chi connectivity index (χ2n) is 8.70. The Balaban J connectivity index is 1.53. The van der Waals surface area contributed by atoms with Gasteiger partial charge < -0.3 is 20.3 Å². The maximum absolute atomic E-state index is 5.21. The summed E-state index contributed by atoms with van der Waals surface area (Å²) in [6.07, 6.45) is 7.88. The van der Waals surface area contributed by atoms with Crippen molar-refractivity contribution in [2.24, 2.45) is 9.98 Å². The average Bonchev–Trinajstić information content (AvgIpc) is 2.89. The van der Waals surface area contributed by atoms with Gasteiger partial charge in [-0.1, -0.05) is 43.0 Å². The van der Waals surface area contributed by atoms with Gasteiger partial charge in [0.05, 0.1) is 7.11 Å². The van der Waals surface area contributed by atoms with Crippen LogP contribution in [0.25, 0.3) is 11.3 Å². The Morgan fingerprint density at radius 2 is 1.83 bits per heavy atom. The molecule has 0 aliphatic carbocycles. The highest BCUT2D eigenvalue weighted by Crippen LogP contribution is 2.25. The number of hydrogen-bond donors (Lipinski definition) is 2. The summed E-state index contributed by atoms with van der Waals surface area (Å²) in [5.74, 6) is 1.68. The maximum Gasteiger partial charge on any atom is 0.120 e. The first-order chi connectivity index (χ1) is 17.0. The second-order valence-corrected chi connectivity index (χ2v) is 8.70. The molecule has 0 spiro atoms. The molecule has 0 saturated heterocycles. The Kier molecular flexibility index (Phi) is 9.87. The molecule has 1 aliphatic heterocycles. The van der Waals surface area contributed by atoms with E-state index in [2.05, 4.69) is 70.5 Å². The zero-order chi connectivity index (χ0) is 25.0. The Hall–Kier alpha value is -3.64. The predicted octanol–water partition coefficient (Wildman–Crippen LogP) is 4.77. The van der Waals surface area contributed by atoms with Crippen LogP contribution in [0.5, 0.6) is 5.75 Å². The molecule has 0 radical (unpaired) electrons. The van der Waals surface area contributed by atoms with Crippen molar-refractivity contribution in [3.05, 3.63) is 90.2 Å². The lowest BCUT2D eigenvalue weighted by atomic mass is 9.97. The Labute approximate surface area is 209 Å². The van der Waals surface area contributed by atoms with Gasteiger partial charge in [0.1, 0.15) is 11.6 Å². The first kappa shape index (κ1) is 26.0. The normalized spacial score (nSPS) is 14.0. The van der Waals surface area contributed by atoms with Crippen LogP contribution in [0.1, 0.15) is 29.5 Å².